The minimum atomic E-state index is -0.882. The molecule has 1 fully saturated rings. The standard InChI is InChI=1S/C25H38O4/c1-8-17(3)23(28)29-19-14-24(5,6)21-12-10-18(4)20(25(21,7)15-19)11-9-16(2)13-22(26)27/h8,10,13,19-21H,9,11-12,14-15H2,1-7H3,(H,26,27). The molecule has 0 spiro atoms. The highest BCUT2D eigenvalue weighted by Crippen LogP contribution is 2.61. The zero-order chi connectivity index (χ0) is 22.0. The number of carboxylic acid groups (broad SMARTS) is 1. The van der Waals surface area contributed by atoms with E-state index in [-0.39, 0.29) is 22.9 Å². The summed E-state index contributed by atoms with van der Waals surface area (Å²) in [6.07, 6.45) is 9.91. The number of ether oxygens (including phenoxy) is 1. The molecule has 0 amide bonds. The molecule has 0 aromatic heterocycles. The summed E-state index contributed by atoms with van der Waals surface area (Å²) in [5, 5.41) is 9.02. The number of fused-ring (bicyclic) bond motifs is 1. The number of hydrogen-bond acceptors (Lipinski definition) is 3. The molecule has 29 heavy (non-hydrogen) atoms. The molecule has 0 bridgehead atoms. The predicted octanol–water partition coefficient (Wildman–Crippen LogP) is 6.08. The Bertz CT molecular complexity index is 740. The summed E-state index contributed by atoms with van der Waals surface area (Å²) in [7, 11) is 0. The van der Waals surface area contributed by atoms with Crippen LogP contribution in [-0.4, -0.2) is 23.1 Å². The Hall–Kier alpha value is -1.84. The van der Waals surface area contributed by atoms with Gasteiger partial charge in [0.25, 0.3) is 0 Å². The first-order chi connectivity index (χ1) is 13.4. The van der Waals surface area contributed by atoms with Crippen molar-refractivity contribution in [3.05, 3.63) is 34.9 Å². The first kappa shape index (κ1) is 23.4. The lowest BCUT2D eigenvalue weighted by atomic mass is 9.47. The van der Waals surface area contributed by atoms with Gasteiger partial charge in [-0.2, -0.15) is 0 Å². The lowest BCUT2D eigenvalue weighted by Gasteiger charge is -2.58. The van der Waals surface area contributed by atoms with E-state index in [2.05, 4.69) is 33.8 Å². The SMILES string of the molecule is CC=C(C)C(=O)OC1CC(C)(C)C2CC=C(C)C(CCC(C)=CC(=O)O)C2(C)C1. The minimum absolute atomic E-state index is 0.0267. The third-order valence-electron chi connectivity index (χ3n) is 7.41. The van der Waals surface area contributed by atoms with Crippen molar-refractivity contribution in [3.8, 4) is 0 Å². The lowest BCUT2D eigenvalue weighted by molar-refractivity contribution is -0.159. The van der Waals surface area contributed by atoms with E-state index >= 15 is 0 Å². The van der Waals surface area contributed by atoms with E-state index in [4.69, 9.17) is 9.84 Å². The normalized spacial score (nSPS) is 32.2. The van der Waals surface area contributed by atoms with Crippen LogP contribution >= 0.6 is 0 Å². The Morgan fingerprint density at radius 1 is 1.24 bits per heavy atom. The van der Waals surface area contributed by atoms with E-state index in [0.717, 1.165) is 37.7 Å². The molecule has 0 aliphatic heterocycles. The molecule has 0 aromatic carbocycles. The molecule has 0 radical (unpaired) electrons. The van der Waals surface area contributed by atoms with Gasteiger partial charge in [0, 0.05) is 11.6 Å². The van der Waals surface area contributed by atoms with Crippen molar-refractivity contribution in [2.24, 2.45) is 22.7 Å². The number of rotatable bonds is 6. The van der Waals surface area contributed by atoms with Crippen molar-refractivity contribution in [1.29, 1.82) is 0 Å². The smallest absolute Gasteiger partial charge is 0.333 e. The second-order valence-corrected chi connectivity index (χ2v) is 10.1. The summed E-state index contributed by atoms with van der Waals surface area (Å²) < 4.78 is 5.94. The highest BCUT2D eigenvalue weighted by Gasteiger charge is 2.55. The maximum Gasteiger partial charge on any atom is 0.333 e. The third-order valence-corrected chi connectivity index (χ3v) is 7.41. The molecule has 2 rings (SSSR count). The fraction of sp³-hybridized carbons (Fsp3) is 0.680. The van der Waals surface area contributed by atoms with Crippen LogP contribution in [0.2, 0.25) is 0 Å². The molecule has 0 aromatic rings. The Morgan fingerprint density at radius 3 is 2.48 bits per heavy atom. The molecular formula is C25H38O4. The lowest BCUT2D eigenvalue weighted by Crippen LogP contribution is -2.53. The van der Waals surface area contributed by atoms with Crippen molar-refractivity contribution < 1.29 is 19.4 Å². The molecule has 4 unspecified atom stereocenters. The van der Waals surface area contributed by atoms with E-state index < -0.39 is 5.97 Å². The fourth-order valence-electron chi connectivity index (χ4n) is 5.92. The van der Waals surface area contributed by atoms with Gasteiger partial charge in [0.1, 0.15) is 6.10 Å². The summed E-state index contributed by atoms with van der Waals surface area (Å²) in [6, 6.07) is 0. The molecule has 0 heterocycles. The van der Waals surface area contributed by atoms with Gasteiger partial charge < -0.3 is 9.84 Å². The first-order valence-electron chi connectivity index (χ1n) is 10.8. The summed E-state index contributed by atoms with van der Waals surface area (Å²) in [4.78, 5) is 23.4. The molecule has 2 aliphatic rings. The van der Waals surface area contributed by atoms with Crippen molar-refractivity contribution in [2.45, 2.75) is 86.7 Å². The molecule has 4 atom stereocenters. The average molecular weight is 403 g/mol. The topological polar surface area (TPSA) is 63.6 Å². The van der Waals surface area contributed by atoms with E-state index in [1.54, 1.807) is 13.0 Å². The summed E-state index contributed by atoms with van der Waals surface area (Å²) in [5.74, 6) is -0.213. The number of carbonyl (C=O) groups excluding carboxylic acids is 1. The van der Waals surface area contributed by atoms with Gasteiger partial charge in [-0.1, -0.05) is 44.1 Å². The number of carboxylic acids is 1. The van der Waals surface area contributed by atoms with Crippen molar-refractivity contribution in [1.82, 2.24) is 0 Å². The maximum atomic E-state index is 12.4. The minimum Gasteiger partial charge on any atom is -0.478 e. The quantitative estimate of drug-likeness (QED) is 0.332. The molecular weight excluding hydrogens is 364 g/mol. The second-order valence-electron chi connectivity index (χ2n) is 10.1. The van der Waals surface area contributed by atoms with Gasteiger partial charge in [0.05, 0.1) is 0 Å². The van der Waals surface area contributed by atoms with Crippen LogP contribution in [0.25, 0.3) is 0 Å². The van der Waals surface area contributed by atoms with Crippen LogP contribution < -0.4 is 0 Å². The monoisotopic (exact) mass is 402 g/mol. The number of allylic oxidation sites excluding steroid dienone is 4. The summed E-state index contributed by atoms with van der Waals surface area (Å²) in [5.41, 5.74) is 3.04. The molecule has 2 aliphatic carbocycles. The molecule has 0 saturated heterocycles. The first-order valence-corrected chi connectivity index (χ1v) is 10.8. The highest BCUT2D eigenvalue weighted by molar-refractivity contribution is 5.87. The van der Waals surface area contributed by atoms with Crippen molar-refractivity contribution in [3.63, 3.8) is 0 Å². The van der Waals surface area contributed by atoms with E-state index in [1.807, 2.05) is 13.8 Å². The Kier molecular flexibility index (Phi) is 7.19. The second kappa shape index (κ2) is 8.89. The zero-order valence-electron chi connectivity index (χ0n) is 19.2. The van der Waals surface area contributed by atoms with Gasteiger partial charge in [-0.3, -0.25) is 0 Å². The van der Waals surface area contributed by atoms with Crippen LogP contribution in [-0.2, 0) is 14.3 Å². The van der Waals surface area contributed by atoms with Gasteiger partial charge in [-0.15, -0.1) is 0 Å². The molecule has 1 N–H and O–H groups in total. The molecule has 1 saturated carbocycles. The van der Waals surface area contributed by atoms with Crippen LogP contribution in [0.15, 0.2) is 34.9 Å². The van der Waals surface area contributed by atoms with Crippen LogP contribution in [0, 0.1) is 22.7 Å². The largest absolute Gasteiger partial charge is 0.478 e. The molecule has 4 heteroatoms. The summed E-state index contributed by atoms with van der Waals surface area (Å²) in [6.45, 7) is 14.7. The van der Waals surface area contributed by atoms with Crippen LogP contribution in [0.1, 0.15) is 80.6 Å². The number of aliphatic carboxylic acids is 1. The average Bonchev–Trinajstić information content (AvgIpc) is 2.58. The van der Waals surface area contributed by atoms with E-state index in [0.29, 0.717) is 17.4 Å². The predicted molar refractivity (Wildman–Crippen MR) is 116 cm³/mol. The van der Waals surface area contributed by atoms with Gasteiger partial charge in [-0.25, -0.2) is 9.59 Å². The highest BCUT2D eigenvalue weighted by atomic mass is 16.5. The molecule has 4 nitrogen and oxygen atoms in total. The van der Waals surface area contributed by atoms with Gasteiger partial charge >= 0.3 is 11.9 Å². The Morgan fingerprint density at radius 2 is 1.90 bits per heavy atom. The van der Waals surface area contributed by atoms with Crippen LogP contribution in [0.3, 0.4) is 0 Å². The number of hydrogen-bond donors (Lipinski definition) is 1. The Balaban J connectivity index is 2.29. The van der Waals surface area contributed by atoms with Crippen molar-refractivity contribution >= 4 is 11.9 Å². The van der Waals surface area contributed by atoms with Crippen molar-refractivity contribution in [2.75, 3.05) is 0 Å². The van der Waals surface area contributed by atoms with Gasteiger partial charge in [-0.05, 0) is 82.5 Å². The number of esters is 1. The van der Waals surface area contributed by atoms with E-state index in [9.17, 15) is 9.59 Å². The fourth-order valence-corrected chi connectivity index (χ4v) is 5.92. The van der Waals surface area contributed by atoms with Gasteiger partial charge in [0.2, 0.25) is 0 Å². The van der Waals surface area contributed by atoms with E-state index in [1.165, 1.54) is 11.6 Å². The van der Waals surface area contributed by atoms with Crippen LogP contribution in [0.5, 0.6) is 0 Å². The Labute approximate surface area is 176 Å². The van der Waals surface area contributed by atoms with Gasteiger partial charge in [0.15, 0.2) is 0 Å². The summed E-state index contributed by atoms with van der Waals surface area (Å²) >= 11 is 0. The molecule has 162 valence electrons. The third kappa shape index (κ3) is 5.21. The van der Waals surface area contributed by atoms with Crippen LogP contribution in [0.4, 0.5) is 0 Å². The maximum absolute atomic E-state index is 12.4. The number of carbonyl (C=O) groups is 2. The zero-order valence-corrected chi connectivity index (χ0v) is 19.2.